The van der Waals surface area contributed by atoms with E-state index in [-0.39, 0.29) is 0 Å². The average molecular weight is 143 g/mol. The molecule has 0 aliphatic heterocycles. The van der Waals surface area contributed by atoms with Crippen LogP contribution < -0.4 is 0 Å². The van der Waals surface area contributed by atoms with Gasteiger partial charge in [-0.05, 0) is 42.2 Å². The molecule has 1 radical (unpaired) electrons. The van der Waals surface area contributed by atoms with Gasteiger partial charge in [0.25, 0.3) is 0 Å². The maximum atomic E-state index is 3.07. The summed E-state index contributed by atoms with van der Waals surface area (Å²) in [6.07, 6.45) is 4.37. The molecule has 0 aromatic heterocycles. The molecule has 0 unspecified atom stereocenters. The molecule has 1 aromatic carbocycles. The summed E-state index contributed by atoms with van der Waals surface area (Å²) in [6, 6.07) is 11.6. The highest BCUT2D eigenvalue weighted by Gasteiger charge is 2.56. The monoisotopic (exact) mass is 143 g/mol. The lowest BCUT2D eigenvalue weighted by atomic mass is 9.42. The normalized spacial score (nSPS) is 39.1. The second-order valence-corrected chi connectivity index (χ2v) is 4.05. The zero-order valence-electron chi connectivity index (χ0n) is 6.51. The number of rotatable bonds is 1. The topological polar surface area (TPSA) is 0 Å². The van der Waals surface area contributed by atoms with Crippen LogP contribution in [-0.4, -0.2) is 0 Å². The molecule has 11 heavy (non-hydrogen) atoms. The Morgan fingerprint density at radius 1 is 1.18 bits per heavy atom. The molecule has 4 rings (SSSR count). The Morgan fingerprint density at radius 2 is 1.82 bits per heavy atom. The summed E-state index contributed by atoms with van der Waals surface area (Å²) in [7, 11) is 0. The van der Waals surface area contributed by atoms with Crippen molar-refractivity contribution in [2.24, 2.45) is 5.92 Å². The third-order valence-corrected chi connectivity index (χ3v) is 3.37. The molecule has 0 heteroatoms. The SMILES string of the molecule is [c]1ccc(C23CC(C2)C3)cc1. The lowest BCUT2D eigenvalue weighted by Gasteiger charge is -2.62. The van der Waals surface area contributed by atoms with Crippen molar-refractivity contribution in [2.75, 3.05) is 0 Å². The highest BCUT2D eigenvalue weighted by atomic mass is 14.6. The first-order valence-electron chi connectivity index (χ1n) is 4.36. The van der Waals surface area contributed by atoms with Gasteiger partial charge in [0.15, 0.2) is 0 Å². The highest BCUT2D eigenvalue weighted by Crippen LogP contribution is 2.64. The summed E-state index contributed by atoms with van der Waals surface area (Å²) < 4.78 is 0. The van der Waals surface area contributed by atoms with Crippen LogP contribution in [0.5, 0.6) is 0 Å². The molecule has 0 spiro atoms. The van der Waals surface area contributed by atoms with Crippen molar-refractivity contribution in [2.45, 2.75) is 24.7 Å². The van der Waals surface area contributed by atoms with E-state index in [0.29, 0.717) is 5.41 Å². The van der Waals surface area contributed by atoms with Crippen LogP contribution in [0.15, 0.2) is 24.3 Å². The van der Waals surface area contributed by atoms with E-state index in [0.717, 1.165) is 5.92 Å². The summed E-state index contributed by atoms with van der Waals surface area (Å²) in [4.78, 5) is 0. The third kappa shape index (κ3) is 0.604. The Bertz CT molecular complexity index is 256. The van der Waals surface area contributed by atoms with Crippen molar-refractivity contribution in [3.63, 3.8) is 0 Å². The van der Waals surface area contributed by atoms with Gasteiger partial charge >= 0.3 is 0 Å². The van der Waals surface area contributed by atoms with E-state index in [2.05, 4.69) is 18.2 Å². The first-order valence-corrected chi connectivity index (χ1v) is 4.36. The molecule has 0 N–H and O–H groups in total. The van der Waals surface area contributed by atoms with Crippen molar-refractivity contribution in [1.82, 2.24) is 0 Å². The van der Waals surface area contributed by atoms with Gasteiger partial charge in [-0.2, -0.15) is 0 Å². The summed E-state index contributed by atoms with van der Waals surface area (Å²) >= 11 is 0. The predicted molar refractivity (Wildman–Crippen MR) is 44.3 cm³/mol. The van der Waals surface area contributed by atoms with E-state index in [1.54, 1.807) is 5.56 Å². The maximum absolute atomic E-state index is 3.07. The first-order chi connectivity index (χ1) is 5.39. The fraction of sp³-hybridized carbons (Fsp3) is 0.455. The van der Waals surface area contributed by atoms with Crippen molar-refractivity contribution in [3.8, 4) is 0 Å². The van der Waals surface area contributed by atoms with Gasteiger partial charge in [-0.25, -0.2) is 0 Å². The van der Waals surface area contributed by atoms with Gasteiger partial charge in [0, 0.05) is 0 Å². The lowest BCUT2D eigenvalue weighted by Crippen LogP contribution is -2.55. The molecule has 3 saturated carbocycles. The Balaban J connectivity index is 2.00. The molecule has 3 aliphatic carbocycles. The molecule has 0 amide bonds. The quantitative estimate of drug-likeness (QED) is 0.566. The fourth-order valence-corrected chi connectivity index (χ4v) is 2.57. The van der Waals surface area contributed by atoms with Gasteiger partial charge in [0.2, 0.25) is 0 Å². The molecular formula is C11H11. The minimum atomic E-state index is 0.639. The van der Waals surface area contributed by atoms with Gasteiger partial charge in [-0.15, -0.1) is 0 Å². The fourth-order valence-electron chi connectivity index (χ4n) is 2.57. The lowest BCUT2D eigenvalue weighted by molar-refractivity contribution is -0.0273. The molecule has 0 heterocycles. The van der Waals surface area contributed by atoms with Crippen molar-refractivity contribution < 1.29 is 0 Å². The molecular weight excluding hydrogens is 132 g/mol. The molecule has 3 aliphatic rings. The van der Waals surface area contributed by atoms with E-state index in [1.807, 2.05) is 12.1 Å². The van der Waals surface area contributed by atoms with Gasteiger partial charge in [-0.1, -0.05) is 24.3 Å². The Labute approximate surface area is 67.2 Å². The van der Waals surface area contributed by atoms with Crippen molar-refractivity contribution in [1.29, 1.82) is 0 Å². The zero-order valence-corrected chi connectivity index (χ0v) is 6.51. The third-order valence-electron chi connectivity index (χ3n) is 3.37. The standard InChI is InChI=1S/C11H11/c1-2-4-10(5-3-1)11-6-9(7-11)8-11/h2-5,9H,6-8H2. The highest BCUT2D eigenvalue weighted by molar-refractivity contribution is 5.34. The molecule has 55 valence electrons. The first kappa shape index (κ1) is 5.82. The van der Waals surface area contributed by atoms with Crippen LogP contribution >= 0.6 is 0 Å². The van der Waals surface area contributed by atoms with E-state index in [9.17, 15) is 0 Å². The van der Waals surface area contributed by atoms with Crippen LogP contribution in [0.2, 0.25) is 0 Å². The summed E-state index contributed by atoms with van der Waals surface area (Å²) in [6.45, 7) is 0. The Hall–Kier alpha value is -0.780. The Kier molecular flexibility index (Phi) is 0.892. The minimum absolute atomic E-state index is 0.639. The average Bonchev–Trinajstić information content (AvgIpc) is 1.83. The summed E-state index contributed by atoms with van der Waals surface area (Å²) in [5.74, 6) is 1.08. The van der Waals surface area contributed by atoms with Crippen LogP contribution in [0.4, 0.5) is 0 Å². The molecule has 1 aromatic rings. The minimum Gasteiger partial charge on any atom is -0.0579 e. The number of hydrogen-bond acceptors (Lipinski definition) is 0. The van der Waals surface area contributed by atoms with Gasteiger partial charge in [0.05, 0.1) is 0 Å². The van der Waals surface area contributed by atoms with Crippen LogP contribution in [0.3, 0.4) is 0 Å². The smallest absolute Gasteiger partial charge is 0.00390 e. The van der Waals surface area contributed by atoms with Crippen molar-refractivity contribution >= 4 is 0 Å². The number of hydrogen-bond donors (Lipinski definition) is 0. The molecule has 0 nitrogen and oxygen atoms in total. The second-order valence-electron chi connectivity index (χ2n) is 4.05. The predicted octanol–water partition coefficient (Wildman–Crippen LogP) is 2.54. The second kappa shape index (κ2) is 1.69. The van der Waals surface area contributed by atoms with Gasteiger partial charge in [-0.3, -0.25) is 0 Å². The number of benzene rings is 1. The van der Waals surface area contributed by atoms with Gasteiger partial charge in [0.1, 0.15) is 0 Å². The molecule has 3 fully saturated rings. The largest absolute Gasteiger partial charge is 0.0579 e. The van der Waals surface area contributed by atoms with E-state index < -0.39 is 0 Å². The van der Waals surface area contributed by atoms with Gasteiger partial charge < -0.3 is 0 Å². The maximum Gasteiger partial charge on any atom is -0.00390 e. The molecule has 2 bridgehead atoms. The van der Waals surface area contributed by atoms with Crippen LogP contribution in [0, 0.1) is 12.0 Å². The van der Waals surface area contributed by atoms with Crippen molar-refractivity contribution in [3.05, 3.63) is 35.9 Å². The summed E-state index contributed by atoms with van der Waals surface area (Å²) in [5, 5.41) is 0. The van der Waals surface area contributed by atoms with Crippen LogP contribution in [-0.2, 0) is 5.41 Å². The van der Waals surface area contributed by atoms with E-state index in [4.69, 9.17) is 0 Å². The zero-order chi connectivity index (χ0) is 7.31. The van der Waals surface area contributed by atoms with Crippen LogP contribution in [0.1, 0.15) is 24.8 Å². The molecule has 0 atom stereocenters. The van der Waals surface area contributed by atoms with E-state index in [1.165, 1.54) is 19.3 Å². The summed E-state index contributed by atoms with van der Waals surface area (Å²) in [5.41, 5.74) is 2.19. The molecule has 0 saturated heterocycles. The Morgan fingerprint density at radius 3 is 2.27 bits per heavy atom. The van der Waals surface area contributed by atoms with Crippen LogP contribution in [0.25, 0.3) is 0 Å². The van der Waals surface area contributed by atoms with E-state index >= 15 is 0 Å².